The van der Waals surface area contributed by atoms with E-state index in [2.05, 4.69) is 21.4 Å². The maximum absolute atomic E-state index is 12.4. The summed E-state index contributed by atoms with van der Waals surface area (Å²) in [6.07, 6.45) is 5.91. The van der Waals surface area contributed by atoms with Crippen LogP contribution in [0.4, 0.5) is 0 Å². The van der Waals surface area contributed by atoms with Crippen molar-refractivity contribution in [2.45, 2.75) is 38.5 Å². The molecule has 1 amide bonds. The van der Waals surface area contributed by atoms with Crippen LogP contribution in [0.25, 0.3) is 6.08 Å². The average molecular weight is 409 g/mol. The van der Waals surface area contributed by atoms with E-state index in [0.717, 1.165) is 11.1 Å². The Morgan fingerprint density at radius 1 is 1.17 bits per heavy atom. The normalized spacial score (nSPS) is 18.9. The van der Waals surface area contributed by atoms with Crippen molar-refractivity contribution >= 4 is 18.2 Å². The summed E-state index contributed by atoms with van der Waals surface area (Å²) in [5, 5.41) is 3.98. The zero-order chi connectivity index (χ0) is 21.3. The predicted molar refractivity (Wildman–Crippen MR) is 118 cm³/mol. The Morgan fingerprint density at radius 3 is 2.70 bits per heavy atom. The van der Waals surface area contributed by atoms with E-state index in [0.29, 0.717) is 17.9 Å². The quantitative estimate of drug-likeness (QED) is 0.461. The van der Waals surface area contributed by atoms with Crippen LogP contribution in [0, 0.1) is 0 Å². The number of hydrazine groups is 1. The number of hydrogen-bond donors (Lipinski definition) is 3. The van der Waals surface area contributed by atoms with Gasteiger partial charge in [0, 0.05) is 12.3 Å². The van der Waals surface area contributed by atoms with Crippen LogP contribution in [0.5, 0.6) is 11.5 Å². The molecule has 3 N–H and O–H groups in total. The Labute approximate surface area is 177 Å². The number of allylic oxidation sites excluding steroid dienone is 1. The van der Waals surface area contributed by atoms with Gasteiger partial charge in [0.05, 0.1) is 13.2 Å². The Hall–Kier alpha value is -3.16. The molecule has 7 nitrogen and oxygen atoms in total. The summed E-state index contributed by atoms with van der Waals surface area (Å²) in [6, 6.07) is 15.3. The minimum atomic E-state index is -0.386. The number of ether oxygens (including phenoxy) is 2. The first-order valence-electron chi connectivity index (χ1n) is 9.97. The van der Waals surface area contributed by atoms with Gasteiger partial charge >= 0.3 is 0 Å². The molecule has 0 radical (unpaired) electrons. The molecule has 1 heterocycles. The lowest BCUT2D eigenvalue weighted by atomic mass is 10.0. The minimum Gasteiger partial charge on any atom is -0.493 e. The van der Waals surface area contributed by atoms with Crippen molar-refractivity contribution in [2.75, 3.05) is 7.11 Å². The number of hydrazone groups is 1. The van der Waals surface area contributed by atoms with Crippen LogP contribution >= 0.6 is 0 Å². The molecule has 1 aliphatic rings. The first-order chi connectivity index (χ1) is 14.6. The van der Waals surface area contributed by atoms with Gasteiger partial charge in [-0.25, -0.2) is 16.3 Å². The maximum Gasteiger partial charge on any atom is 0.258 e. The molecule has 0 aromatic heterocycles. The van der Waals surface area contributed by atoms with Gasteiger partial charge in [-0.2, -0.15) is 5.10 Å². The molecule has 0 aliphatic carbocycles. The fraction of sp³-hybridized carbons (Fsp3) is 0.304. The molecular weight excluding hydrogens is 380 g/mol. The van der Waals surface area contributed by atoms with Gasteiger partial charge in [0.2, 0.25) is 0 Å². The SMILES string of the molecule is COc1cc(C2CC(C(=O)N/N=C/C=C/c3ccccc3)NN2)ccc1OC(C)C. The van der Waals surface area contributed by atoms with Crippen LogP contribution in [0.3, 0.4) is 0 Å². The van der Waals surface area contributed by atoms with Crippen molar-refractivity contribution in [1.29, 1.82) is 0 Å². The van der Waals surface area contributed by atoms with E-state index in [9.17, 15) is 4.79 Å². The number of methoxy groups -OCH3 is 1. The maximum atomic E-state index is 12.4. The molecule has 2 aromatic carbocycles. The Balaban J connectivity index is 1.52. The molecule has 2 atom stereocenters. The zero-order valence-electron chi connectivity index (χ0n) is 17.5. The predicted octanol–water partition coefficient (Wildman–Crippen LogP) is 3.21. The van der Waals surface area contributed by atoms with Crippen molar-refractivity contribution in [1.82, 2.24) is 16.3 Å². The largest absolute Gasteiger partial charge is 0.493 e. The van der Waals surface area contributed by atoms with Crippen LogP contribution in [0.2, 0.25) is 0 Å². The van der Waals surface area contributed by atoms with Crippen molar-refractivity contribution in [3.8, 4) is 11.5 Å². The lowest BCUT2D eigenvalue weighted by Crippen LogP contribution is -2.41. The summed E-state index contributed by atoms with van der Waals surface area (Å²) in [7, 11) is 1.62. The van der Waals surface area contributed by atoms with E-state index in [1.54, 1.807) is 19.4 Å². The fourth-order valence-corrected chi connectivity index (χ4v) is 3.14. The van der Waals surface area contributed by atoms with E-state index >= 15 is 0 Å². The molecular formula is C23H28N4O3. The second-order valence-corrected chi connectivity index (χ2v) is 7.23. The van der Waals surface area contributed by atoms with E-state index in [4.69, 9.17) is 9.47 Å². The highest BCUT2D eigenvalue weighted by Crippen LogP contribution is 2.33. The molecule has 1 fully saturated rings. The number of nitrogens with zero attached hydrogens (tertiary/aromatic N) is 1. The van der Waals surface area contributed by atoms with Crippen LogP contribution < -0.4 is 25.8 Å². The molecule has 1 saturated heterocycles. The summed E-state index contributed by atoms with van der Waals surface area (Å²) in [5.74, 6) is 1.18. The summed E-state index contributed by atoms with van der Waals surface area (Å²) in [6.45, 7) is 3.94. The molecule has 0 saturated carbocycles. The number of carbonyl (C=O) groups excluding carboxylic acids is 1. The Morgan fingerprint density at radius 2 is 1.97 bits per heavy atom. The lowest BCUT2D eigenvalue weighted by Gasteiger charge is -2.16. The zero-order valence-corrected chi connectivity index (χ0v) is 17.5. The van der Waals surface area contributed by atoms with E-state index in [-0.39, 0.29) is 24.1 Å². The van der Waals surface area contributed by atoms with E-state index in [1.807, 2.05) is 68.5 Å². The third-order valence-electron chi connectivity index (χ3n) is 4.60. The first-order valence-corrected chi connectivity index (χ1v) is 9.97. The molecule has 7 heteroatoms. The molecule has 0 bridgehead atoms. The van der Waals surface area contributed by atoms with Crippen molar-refractivity contribution < 1.29 is 14.3 Å². The molecule has 3 rings (SSSR count). The monoisotopic (exact) mass is 408 g/mol. The summed E-state index contributed by atoms with van der Waals surface area (Å²) in [5.41, 5.74) is 10.8. The first kappa shape index (κ1) is 21.5. The van der Waals surface area contributed by atoms with Crippen LogP contribution in [0.15, 0.2) is 59.7 Å². The highest BCUT2D eigenvalue weighted by atomic mass is 16.5. The average Bonchev–Trinajstić information content (AvgIpc) is 3.24. The van der Waals surface area contributed by atoms with Gasteiger partial charge in [0.25, 0.3) is 5.91 Å². The topological polar surface area (TPSA) is 84.0 Å². The lowest BCUT2D eigenvalue weighted by molar-refractivity contribution is -0.122. The van der Waals surface area contributed by atoms with Crippen molar-refractivity contribution in [3.05, 3.63) is 65.7 Å². The number of amides is 1. The van der Waals surface area contributed by atoms with Crippen molar-refractivity contribution in [3.63, 3.8) is 0 Å². The van der Waals surface area contributed by atoms with Gasteiger partial charge in [-0.1, -0.05) is 42.5 Å². The van der Waals surface area contributed by atoms with Crippen molar-refractivity contribution in [2.24, 2.45) is 5.10 Å². The van der Waals surface area contributed by atoms with Gasteiger partial charge in [0.1, 0.15) is 6.04 Å². The molecule has 158 valence electrons. The minimum absolute atomic E-state index is 0.0234. The highest BCUT2D eigenvalue weighted by Gasteiger charge is 2.30. The number of benzene rings is 2. The van der Waals surface area contributed by atoms with Crippen LogP contribution in [-0.2, 0) is 4.79 Å². The number of carbonyl (C=O) groups is 1. The number of nitrogens with one attached hydrogen (secondary N) is 3. The molecule has 2 unspecified atom stereocenters. The van der Waals surface area contributed by atoms with Gasteiger partial charge in [-0.15, -0.1) is 0 Å². The van der Waals surface area contributed by atoms with E-state index < -0.39 is 0 Å². The van der Waals surface area contributed by atoms with E-state index in [1.165, 1.54) is 0 Å². The van der Waals surface area contributed by atoms with Crippen LogP contribution in [0.1, 0.15) is 37.4 Å². The number of rotatable bonds is 8. The van der Waals surface area contributed by atoms with Gasteiger partial charge < -0.3 is 9.47 Å². The summed E-state index contributed by atoms with van der Waals surface area (Å²) in [4.78, 5) is 12.4. The molecule has 1 aliphatic heterocycles. The second-order valence-electron chi connectivity index (χ2n) is 7.23. The van der Waals surface area contributed by atoms with Gasteiger partial charge in [-0.05, 0) is 49.6 Å². The Bertz CT molecular complexity index is 897. The fourth-order valence-electron chi connectivity index (χ4n) is 3.14. The van der Waals surface area contributed by atoms with Gasteiger partial charge in [0.15, 0.2) is 11.5 Å². The van der Waals surface area contributed by atoms with Gasteiger partial charge in [-0.3, -0.25) is 4.79 Å². The smallest absolute Gasteiger partial charge is 0.258 e. The molecule has 2 aromatic rings. The highest BCUT2D eigenvalue weighted by molar-refractivity contribution is 5.84. The summed E-state index contributed by atoms with van der Waals surface area (Å²) < 4.78 is 11.2. The third-order valence-corrected chi connectivity index (χ3v) is 4.60. The second kappa shape index (κ2) is 10.6. The molecule has 0 spiro atoms. The number of hydrogen-bond acceptors (Lipinski definition) is 6. The third kappa shape index (κ3) is 5.92. The molecule has 30 heavy (non-hydrogen) atoms. The summed E-state index contributed by atoms with van der Waals surface area (Å²) >= 11 is 0. The Kier molecular flexibility index (Phi) is 7.59. The standard InChI is InChI=1S/C23H28N4O3/c1-16(2)30-21-12-11-18(14-22(21)29-3)19-15-20(26-25-19)23(28)27-24-13-7-10-17-8-5-4-6-9-17/h4-14,16,19-20,25-26H,15H2,1-3H3,(H,27,28)/b10-7+,24-13+. The van der Waals surface area contributed by atoms with Crippen LogP contribution in [-0.4, -0.2) is 31.4 Å².